The maximum atomic E-state index is 11.3. The maximum Gasteiger partial charge on any atom is 0.238 e. The molecule has 4 N–H and O–H groups in total. The lowest BCUT2D eigenvalue weighted by Gasteiger charge is -2.34. The first-order valence-electron chi connectivity index (χ1n) is 6.20. The van der Waals surface area contributed by atoms with E-state index in [4.69, 9.17) is 10.9 Å². The molecule has 1 aliphatic heterocycles. The molecule has 5 nitrogen and oxygen atoms in total. The number of hydrogen-bond donors (Lipinski definition) is 2. The molecule has 0 bridgehead atoms. The van der Waals surface area contributed by atoms with Crippen LogP contribution in [0.4, 0.5) is 11.4 Å². The van der Waals surface area contributed by atoms with Gasteiger partial charge in [0.25, 0.3) is 0 Å². The van der Waals surface area contributed by atoms with Crippen molar-refractivity contribution in [1.29, 1.82) is 0 Å². The fourth-order valence-electron chi connectivity index (χ4n) is 2.18. The van der Waals surface area contributed by atoms with E-state index in [9.17, 15) is 8.42 Å². The van der Waals surface area contributed by atoms with E-state index < -0.39 is 10.0 Å². The van der Waals surface area contributed by atoms with Crippen LogP contribution in [0.2, 0.25) is 0 Å². The first kappa shape index (κ1) is 14.5. The fourth-order valence-corrected chi connectivity index (χ4v) is 3.91. The van der Waals surface area contributed by atoms with Gasteiger partial charge in [-0.15, -0.1) is 0 Å². The topological polar surface area (TPSA) is 89.4 Å². The predicted octanol–water partition coefficient (Wildman–Crippen LogP) is 1.25. The second kappa shape index (κ2) is 5.60. The minimum Gasteiger partial charge on any atom is -0.397 e. The molecule has 106 valence electrons. The average molecular weight is 301 g/mol. The number of primary sulfonamides is 1. The standard InChI is InChI=1S/C12H19N3O2S2/c1-2-9-8-15(5-6-18-9)12-4-3-10(7-11(12)13)19(14,16)17/h3-4,7,9H,2,5-6,8,13H2,1H3,(H2,14,16,17). The summed E-state index contributed by atoms with van der Waals surface area (Å²) < 4.78 is 22.6. The third kappa shape index (κ3) is 3.34. The van der Waals surface area contributed by atoms with Crippen LogP contribution in [0.15, 0.2) is 23.1 Å². The van der Waals surface area contributed by atoms with Crippen LogP contribution >= 0.6 is 11.8 Å². The van der Waals surface area contributed by atoms with Gasteiger partial charge in [0.2, 0.25) is 10.0 Å². The Hall–Kier alpha value is -0.920. The number of nitrogens with two attached hydrogens (primary N) is 2. The molecule has 1 fully saturated rings. The molecule has 2 rings (SSSR count). The molecule has 0 amide bonds. The van der Waals surface area contributed by atoms with E-state index in [-0.39, 0.29) is 4.90 Å². The molecule has 1 aromatic rings. The largest absolute Gasteiger partial charge is 0.397 e. The molecule has 0 radical (unpaired) electrons. The van der Waals surface area contributed by atoms with Crippen LogP contribution in [0.25, 0.3) is 0 Å². The van der Waals surface area contributed by atoms with Crippen LogP contribution in [0, 0.1) is 0 Å². The highest BCUT2D eigenvalue weighted by molar-refractivity contribution is 8.00. The van der Waals surface area contributed by atoms with E-state index in [1.807, 2.05) is 11.8 Å². The maximum absolute atomic E-state index is 11.3. The molecule has 1 atom stereocenters. The summed E-state index contributed by atoms with van der Waals surface area (Å²) in [5, 5.41) is 5.70. The molecule has 19 heavy (non-hydrogen) atoms. The van der Waals surface area contributed by atoms with E-state index in [0.29, 0.717) is 10.9 Å². The van der Waals surface area contributed by atoms with Crippen LogP contribution in [0.3, 0.4) is 0 Å². The molecule has 0 aliphatic carbocycles. The normalized spacial score (nSPS) is 20.5. The predicted molar refractivity (Wildman–Crippen MR) is 81.0 cm³/mol. The van der Waals surface area contributed by atoms with Crippen LogP contribution in [-0.2, 0) is 10.0 Å². The summed E-state index contributed by atoms with van der Waals surface area (Å²) in [4.78, 5) is 2.28. The molecule has 0 spiro atoms. The van der Waals surface area contributed by atoms with Crippen LogP contribution in [-0.4, -0.2) is 32.5 Å². The first-order valence-corrected chi connectivity index (χ1v) is 8.80. The molecule has 1 aliphatic rings. The van der Waals surface area contributed by atoms with E-state index in [1.165, 1.54) is 12.1 Å². The minimum atomic E-state index is -3.69. The molecule has 1 aromatic carbocycles. The Bertz CT molecular complexity index is 560. The molecule has 7 heteroatoms. The van der Waals surface area contributed by atoms with Gasteiger partial charge < -0.3 is 10.6 Å². The van der Waals surface area contributed by atoms with E-state index in [0.717, 1.165) is 31.0 Å². The molecular weight excluding hydrogens is 282 g/mol. The Morgan fingerprint density at radius 3 is 2.79 bits per heavy atom. The highest BCUT2D eigenvalue weighted by atomic mass is 32.2. The van der Waals surface area contributed by atoms with Gasteiger partial charge in [-0.2, -0.15) is 11.8 Å². The SMILES string of the molecule is CCC1CN(c2ccc(S(N)(=O)=O)cc2N)CCS1. The van der Waals surface area contributed by atoms with E-state index >= 15 is 0 Å². The molecular formula is C12H19N3O2S2. The second-order valence-electron chi connectivity index (χ2n) is 4.61. The summed E-state index contributed by atoms with van der Waals surface area (Å²) in [5.74, 6) is 1.06. The highest BCUT2D eigenvalue weighted by Crippen LogP contribution is 2.30. The van der Waals surface area contributed by atoms with Gasteiger partial charge in [0, 0.05) is 24.1 Å². The molecule has 1 unspecified atom stereocenters. The van der Waals surface area contributed by atoms with Crippen LogP contribution in [0.1, 0.15) is 13.3 Å². The number of hydrogen-bond acceptors (Lipinski definition) is 5. The summed E-state index contributed by atoms with van der Waals surface area (Å²) in [5.41, 5.74) is 7.33. The Morgan fingerprint density at radius 2 is 2.21 bits per heavy atom. The van der Waals surface area contributed by atoms with Crippen molar-refractivity contribution in [2.24, 2.45) is 5.14 Å². The lowest BCUT2D eigenvalue weighted by Crippen LogP contribution is -2.38. The lowest BCUT2D eigenvalue weighted by atomic mass is 10.2. The third-order valence-electron chi connectivity index (χ3n) is 3.26. The van der Waals surface area contributed by atoms with Gasteiger partial charge in [-0.05, 0) is 24.6 Å². The zero-order chi connectivity index (χ0) is 14.0. The van der Waals surface area contributed by atoms with Crippen molar-refractivity contribution in [2.45, 2.75) is 23.5 Å². The van der Waals surface area contributed by atoms with Gasteiger partial charge in [0.05, 0.1) is 16.3 Å². The number of thioether (sulfide) groups is 1. The van der Waals surface area contributed by atoms with Crippen LogP contribution in [0.5, 0.6) is 0 Å². The van der Waals surface area contributed by atoms with Gasteiger partial charge in [-0.1, -0.05) is 6.92 Å². The third-order valence-corrected chi connectivity index (χ3v) is 5.55. The number of nitrogen functional groups attached to an aromatic ring is 1. The summed E-state index contributed by atoms with van der Waals surface area (Å²) in [6.07, 6.45) is 1.12. The van der Waals surface area contributed by atoms with Crippen molar-refractivity contribution in [3.8, 4) is 0 Å². The van der Waals surface area contributed by atoms with Crippen LogP contribution < -0.4 is 15.8 Å². The number of anilines is 2. The van der Waals surface area contributed by atoms with Gasteiger partial charge in [-0.3, -0.25) is 0 Å². The van der Waals surface area contributed by atoms with Crippen molar-refractivity contribution in [2.75, 3.05) is 29.5 Å². The number of rotatable bonds is 3. The van der Waals surface area contributed by atoms with Gasteiger partial charge in [0.15, 0.2) is 0 Å². The Kier molecular flexibility index (Phi) is 4.27. The number of sulfonamides is 1. The fraction of sp³-hybridized carbons (Fsp3) is 0.500. The zero-order valence-electron chi connectivity index (χ0n) is 10.9. The zero-order valence-corrected chi connectivity index (χ0v) is 12.5. The Labute approximate surface area is 118 Å². The smallest absolute Gasteiger partial charge is 0.238 e. The quantitative estimate of drug-likeness (QED) is 0.820. The number of nitrogens with zero attached hydrogens (tertiary/aromatic N) is 1. The molecule has 1 heterocycles. The first-order chi connectivity index (χ1) is 8.91. The molecule has 0 aromatic heterocycles. The van der Waals surface area contributed by atoms with Gasteiger partial charge >= 0.3 is 0 Å². The van der Waals surface area contributed by atoms with E-state index in [1.54, 1.807) is 6.07 Å². The summed E-state index contributed by atoms with van der Waals surface area (Å²) in [7, 11) is -3.69. The molecule has 1 saturated heterocycles. The monoisotopic (exact) mass is 301 g/mol. The average Bonchev–Trinajstić information content (AvgIpc) is 2.37. The lowest BCUT2D eigenvalue weighted by molar-refractivity contribution is 0.598. The summed E-state index contributed by atoms with van der Waals surface area (Å²) >= 11 is 1.98. The van der Waals surface area contributed by atoms with Crippen molar-refractivity contribution in [3.05, 3.63) is 18.2 Å². The second-order valence-corrected chi connectivity index (χ2v) is 7.58. The Morgan fingerprint density at radius 1 is 1.47 bits per heavy atom. The number of benzene rings is 1. The highest BCUT2D eigenvalue weighted by Gasteiger charge is 2.21. The van der Waals surface area contributed by atoms with Crippen molar-refractivity contribution in [1.82, 2.24) is 0 Å². The van der Waals surface area contributed by atoms with Crippen molar-refractivity contribution >= 4 is 33.2 Å². The Balaban J connectivity index is 2.26. The van der Waals surface area contributed by atoms with Gasteiger partial charge in [-0.25, -0.2) is 13.6 Å². The van der Waals surface area contributed by atoms with Gasteiger partial charge in [0.1, 0.15) is 0 Å². The van der Waals surface area contributed by atoms with E-state index in [2.05, 4.69) is 11.8 Å². The summed E-state index contributed by atoms with van der Waals surface area (Å²) in [6, 6.07) is 4.70. The minimum absolute atomic E-state index is 0.0622. The van der Waals surface area contributed by atoms with Crippen molar-refractivity contribution in [3.63, 3.8) is 0 Å². The van der Waals surface area contributed by atoms with Crippen molar-refractivity contribution < 1.29 is 8.42 Å². The summed E-state index contributed by atoms with van der Waals surface area (Å²) in [6.45, 7) is 4.05. The molecule has 0 saturated carbocycles.